The lowest BCUT2D eigenvalue weighted by Gasteiger charge is -2.31. The van der Waals surface area contributed by atoms with Gasteiger partial charge in [0.05, 0.1) is 17.0 Å². The van der Waals surface area contributed by atoms with Crippen LogP contribution in [0.15, 0.2) is 48.5 Å². The third-order valence-corrected chi connectivity index (χ3v) is 6.52. The Bertz CT molecular complexity index is 1050. The maximum absolute atomic E-state index is 13.3. The van der Waals surface area contributed by atoms with E-state index in [1.54, 1.807) is 13.8 Å². The van der Waals surface area contributed by atoms with Gasteiger partial charge in [-0.25, -0.2) is 8.42 Å². The van der Waals surface area contributed by atoms with Crippen molar-refractivity contribution in [2.75, 3.05) is 30.2 Å². The average Bonchev–Trinajstić information content (AvgIpc) is 2.72. The van der Waals surface area contributed by atoms with Gasteiger partial charge in [0.15, 0.2) is 0 Å². The molecule has 2 rings (SSSR count). The SMILES string of the molecule is CCNC(=O)C(C)N(CCc1ccccc1)C(=O)CN(c1ccc(Cl)cc1Cl)S(C)(=O)=O. The van der Waals surface area contributed by atoms with Gasteiger partial charge < -0.3 is 10.2 Å². The third kappa shape index (κ3) is 7.12. The number of hydrogen-bond acceptors (Lipinski definition) is 4. The molecular formula is C22H27Cl2N3O4S. The molecule has 1 N–H and O–H groups in total. The Hall–Kier alpha value is -2.29. The van der Waals surface area contributed by atoms with Crippen molar-refractivity contribution in [1.29, 1.82) is 0 Å². The molecule has 2 amide bonds. The number of anilines is 1. The van der Waals surface area contributed by atoms with Gasteiger partial charge in [-0.1, -0.05) is 53.5 Å². The summed E-state index contributed by atoms with van der Waals surface area (Å²) in [6.07, 6.45) is 1.50. The molecule has 0 aliphatic rings. The highest BCUT2D eigenvalue weighted by molar-refractivity contribution is 7.92. The van der Waals surface area contributed by atoms with Crippen molar-refractivity contribution in [1.82, 2.24) is 10.2 Å². The van der Waals surface area contributed by atoms with Crippen LogP contribution < -0.4 is 9.62 Å². The second-order valence-electron chi connectivity index (χ2n) is 7.26. The van der Waals surface area contributed by atoms with Gasteiger partial charge in [0.1, 0.15) is 12.6 Å². The Labute approximate surface area is 199 Å². The molecule has 0 heterocycles. The van der Waals surface area contributed by atoms with Crippen LogP contribution in [0.1, 0.15) is 19.4 Å². The van der Waals surface area contributed by atoms with Gasteiger partial charge in [-0.05, 0) is 44.0 Å². The first-order valence-electron chi connectivity index (χ1n) is 10.1. The Morgan fingerprint density at radius 1 is 1.09 bits per heavy atom. The van der Waals surface area contributed by atoms with E-state index >= 15 is 0 Å². The summed E-state index contributed by atoms with van der Waals surface area (Å²) in [6, 6.07) is 13.1. The molecular weight excluding hydrogens is 473 g/mol. The number of amides is 2. The van der Waals surface area contributed by atoms with Gasteiger partial charge in [-0.3, -0.25) is 13.9 Å². The van der Waals surface area contributed by atoms with E-state index < -0.39 is 28.5 Å². The fourth-order valence-corrected chi connectivity index (χ4v) is 4.59. The number of nitrogens with one attached hydrogen (secondary N) is 1. The van der Waals surface area contributed by atoms with Crippen molar-refractivity contribution in [3.05, 3.63) is 64.1 Å². The molecule has 2 aromatic carbocycles. The topological polar surface area (TPSA) is 86.8 Å². The average molecular weight is 500 g/mol. The van der Waals surface area contributed by atoms with Crippen LogP contribution in [0.5, 0.6) is 0 Å². The summed E-state index contributed by atoms with van der Waals surface area (Å²) in [5.41, 5.74) is 1.13. The van der Waals surface area contributed by atoms with Crippen LogP contribution in [0.3, 0.4) is 0 Å². The van der Waals surface area contributed by atoms with Crippen molar-refractivity contribution in [2.24, 2.45) is 0 Å². The number of carbonyl (C=O) groups is 2. The molecule has 0 bridgehead atoms. The first-order valence-corrected chi connectivity index (χ1v) is 12.7. The molecule has 0 aromatic heterocycles. The zero-order valence-electron chi connectivity index (χ0n) is 18.2. The zero-order valence-corrected chi connectivity index (χ0v) is 20.5. The number of benzene rings is 2. The van der Waals surface area contributed by atoms with E-state index in [1.807, 2.05) is 30.3 Å². The smallest absolute Gasteiger partial charge is 0.244 e. The second-order valence-corrected chi connectivity index (χ2v) is 10.0. The minimum atomic E-state index is -3.85. The molecule has 0 aliphatic carbocycles. The number of likely N-dealkylation sites (N-methyl/N-ethyl adjacent to an activating group) is 1. The first-order chi connectivity index (χ1) is 15.0. The summed E-state index contributed by atoms with van der Waals surface area (Å²) >= 11 is 12.1. The molecule has 0 aliphatic heterocycles. The van der Waals surface area contributed by atoms with Crippen molar-refractivity contribution in [3.63, 3.8) is 0 Å². The Balaban J connectivity index is 2.33. The van der Waals surface area contributed by atoms with Gasteiger partial charge >= 0.3 is 0 Å². The summed E-state index contributed by atoms with van der Waals surface area (Å²) < 4.78 is 25.9. The Morgan fingerprint density at radius 2 is 1.75 bits per heavy atom. The number of nitrogens with zero attached hydrogens (tertiary/aromatic N) is 2. The molecule has 0 fully saturated rings. The van der Waals surface area contributed by atoms with Gasteiger partial charge in [0.2, 0.25) is 21.8 Å². The normalized spacial score (nSPS) is 12.2. The van der Waals surface area contributed by atoms with E-state index in [9.17, 15) is 18.0 Å². The number of hydrogen-bond donors (Lipinski definition) is 1. The van der Waals surface area contributed by atoms with Crippen LogP contribution in [0.25, 0.3) is 0 Å². The predicted molar refractivity (Wildman–Crippen MR) is 129 cm³/mol. The fraction of sp³-hybridized carbons (Fsp3) is 0.364. The van der Waals surface area contributed by atoms with Crippen molar-refractivity contribution in [2.45, 2.75) is 26.3 Å². The zero-order chi connectivity index (χ0) is 23.9. The molecule has 2 aromatic rings. The standard InChI is InChI=1S/C22H27Cl2N3O4S/c1-4-25-22(29)16(2)26(13-12-17-8-6-5-7-9-17)21(28)15-27(32(3,30)31)20-11-10-18(23)14-19(20)24/h5-11,14,16H,4,12-13,15H2,1-3H3,(H,25,29). The van der Waals surface area contributed by atoms with E-state index in [-0.39, 0.29) is 23.2 Å². The Kier molecular flexibility index (Phi) is 9.36. The van der Waals surface area contributed by atoms with E-state index in [1.165, 1.54) is 23.1 Å². The highest BCUT2D eigenvalue weighted by Crippen LogP contribution is 2.30. The van der Waals surface area contributed by atoms with Crippen LogP contribution in [-0.2, 0) is 26.0 Å². The van der Waals surface area contributed by atoms with Crippen LogP contribution >= 0.6 is 23.2 Å². The molecule has 10 heteroatoms. The lowest BCUT2D eigenvalue weighted by atomic mass is 10.1. The van der Waals surface area contributed by atoms with Gasteiger partial charge in [0, 0.05) is 18.1 Å². The van der Waals surface area contributed by atoms with Crippen LogP contribution in [0.2, 0.25) is 10.0 Å². The largest absolute Gasteiger partial charge is 0.355 e. The molecule has 0 spiro atoms. The number of carbonyl (C=O) groups excluding carboxylic acids is 2. The van der Waals surface area contributed by atoms with E-state index in [0.717, 1.165) is 16.1 Å². The van der Waals surface area contributed by atoms with Crippen LogP contribution in [0, 0.1) is 0 Å². The summed E-state index contributed by atoms with van der Waals surface area (Å²) in [4.78, 5) is 27.2. The van der Waals surface area contributed by atoms with Crippen molar-refractivity contribution in [3.8, 4) is 0 Å². The lowest BCUT2D eigenvalue weighted by Crippen LogP contribution is -2.52. The van der Waals surface area contributed by atoms with Crippen LogP contribution in [-0.4, -0.2) is 57.1 Å². The maximum Gasteiger partial charge on any atom is 0.244 e. The fourth-order valence-electron chi connectivity index (χ4n) is 3.17. The summed E-state index contributed by atoms with van der Waals surface area (Å²) in [5.74, 6) is -0.833. The number of halogens is 2. The minimum absolute atomic E-state index is 0.100. The molecule has 0 saturated carbocycles. The van der Waals surface area contributed by atoms with Crippen LogP contribution in [0.4, 0.5) is 5.69 Å². The molecule has 7 nitrogen and oxygen atoms in total. The van der Waals surface area contributed by atoms with Gasteiger partial charge in [-0.15, -0.1) is 0 Å². The monoisotopic (exact) mass is 499 g/mol. The molecule has 0 radical (unpaired) electrons. The Morgan fingerprint density at radius 3 is 2.31 bits per heavy atom. The van der Waals surface area contributed by atoms with E-state index in [0.29, 0.717) is 18.0 Å². The quantitative estimate of drug-likeness (QED) is 0.542. The highest BCUT2D eigenvalue weighted by atomic mass is 35.5. The number of sulfonamides is 1. The number of rotatable bonds is 10. The lowest BCUT2D eigenvalue weighted by molar-refractivity contribution is -0.138. The molecule has 1 unspecified atom stereocenters. The molecule has 174 valence electrons. The van der Waals surface area contributed by atoms with Crippen molar-refractivity contribution >= 4 is 50.7 Å². The summed E-state index contributed by atoms with van der Waals surface area (Å²) in [7, 11) is -3.85. The third-order valence-electron chi connectivity index (χ3n) is 4.86. The van der Waals surface area contributed by atoms with Gasteiger partial charge in [-0.2, -0.15) is 0 Å². The molecule has 0 saturated heterocycles. The summed E-state index contributed by atoms with van der Waals surface area (Å²) in [6.45, 7) is 3.56. The predicted octanol–water partition coefficient (Wildman–Crippen LogP) is 3.36. The van der Waals surface area contributed by atoms with E-state index in [4.69, 9.17) is 23.2 Å². The molecule has 32 heavy (non-hydrogen) atoms. The highest BCUT2D eigenvalue weighted by Gasteiger charge is 2.30. The van der Waals surface area contributed by atoms with Crippen molar-refractivity contribution < 1.29 is 18.0 Å². The maximum atomic E-state index is 13.3. The first kappa shape index (κ1) is 26.0. The summed E-state index contributed by atoms with van der Waals surface area (Å²) in [5, 5.41) is 3.15. The van der Waals surface area contributed by atoms with Gasteiger partial charge in [0.25, 0.3) is 0 Å². The second kappa shape index (κ2) is 11.5. The minimum Gasteiger partial charge on any atom is -0.355 e. The van der Waals surface area contributed by atoms with E-state index in [2.05, 4.69) is 5.32 Å². The molecule has 1 atom stereocenters.